The topological polar surface area (TPSA) is 42.0 Å². The summed E-state index contributed by atoms with van der Waals surface area (Å²) in [6.45, 7) is 0. The number of pyridine rings is 1. The van der Waals surface area contributed by atoms with Crippen molar-refractivity contribution in [3.8, 4) is 0 Å². The first-order chi connectivity index (χ1) is 10.2. The molecule has 1 N–H and O–H groups in total. The Morgan fingerprint density at radius 1 is 1.29 bits per heavy atom. The summed E-state index contributed by atoms with van der Waals surface area (Å²) < 4.78 is 0.913. The minimum atomic E-state index is -0.166. The van der Waals surface area contributed by atoms with Crippen molar-refractivity contribution in [3.63, 3.8) is 0 Å². The van der Waals surface area contributed by atoms with Crippen molar-refractivity contribution >= 4 is 55.8 Å². The first-order valence-corrected chi connectivity index (χ1v) is 7.96. The lowest BCUT2D eigenvalue weighted by Crippen LogP contribution is -2.08. The van der Waals surface area contributed by atoms with E-state index >= 15 is 0 Å². The van der Waals surface area contributed by atoms with Crippen LogP contribution in [-0.4, -0.2) is 10.9 Å². The lowest BCUT2D eigenvalue weighted by atomic mass is 10.2. The Labute approximate surface area is 134 Å². The highest BCUT2D eigenvalue weighted by Crippen LogP contribution is 2.24. The number of carbonyl (C=O) groups is 1. The van der Waals surface area contributed by atoms with E-state index in [-0.39, 0.29) is 5.91 Å². The fourth-order valence-electron chi connectivity index (χ4n) is 1.95. The molecule has 0 saturated carbocycles. The van der Waals surface area contributed by atoms with Crippen LogP contribution in [0.1, 0.15) is 4.88 Å². The summed E-state index contributed by atoms with van der Waals surface area (Å²) in [7, 11) is 0. The summed E-state index contributed by atoms with van der Waals surface area (Å²) in [6.07, 6.45) is 5.05. The number of anilines is 1. The van der Waals surface area contributed by atoms with E-state index in [1.165, 1.54) is 6.08 Å². The number of hydrogen-bond acceptors (Lipinski definition) is 3. The number of carbonyl (C=O) groups excluding carboxylic acids is 1. The summed E-state index contributed by atoms with van der Waals surface area (Å²) in [5, 5.41) is 5.82. The third kappa shape index (κ3) is 3.37. The second-order valence-electron chi connectivity index (χ2n) is 4.37. The summed E-state index contributed by atoms with van der Waals surface area (Å²) >= 11 is 4.99. The maximum absolute atomic E-state index is 12.0. The second kappa shape index (κ2) is 6.20. The van der Waals surface area contributed by atoms with Crippen LogP contribution in [0.15, 0.2) is 58.5 Å². The highest BCUT2D eigenvalue weighted by Gasteiger charge is 2.05. The van der Waals surface area contributed by atoms with Crippen LogP contribution >= 0.6 is 27.3 Å². The molecule has 104 valence electrons. The molecule has 2 heterocycles. The highest BCUT2D eigenvalue weighted by atomic mass is 79.9. The molecule has 3 rings (SSSR count). The molecule has 0 unspecified atom stereocenters. The predicted octanol–water partition coefficient (Wildman–Crippen LogP) is 4.71. The molecule has 0 atom stereocenters. The number of amides is 1. The van der Waals surface area contributed by atoms with Gasteiger partial charge in [0.15, 0.2) is 0 Å². The van der Waals surface area contributed by atoms with Crippen molar-refractivity contribution in [2.75, 3.05) is 5.32 Å². The van der Waals surface area contributed by atoms with Crippen LogP contribution in [0.2, 0.25) is 0 Å². The van der Waals surface area contributed by atoms with Crippen LogP contribution < -0.4 is 5.32 Å². The molecule has 3 nitrogen and oxygen atoms in total. The summed E-state index contributed by atoms with van der Waals surface area (Å²) in [5.41, 5.74) is 1.49. The SMILES string of the molecule is O=C(/C=C/c1cccs1)Nc1cccc2cc(Br)cnc12. The van der Waals surface area contributed by atoms with Gasteiger partial charge in [-0.05, 0) is 45.6 Å². The van der Waals surface area contributed by atoms with E-state index in [2.05, 4.69) is 26.2 Å². The quantitative estimate of drug-likeness (QED) is 0.688. The number of rotatable bonds is 3. The number of nitrogens with zero attached hydrogens (tertiary/aromatic N) is 1. The maximum atomic E-state index is 12.0. The van der Waals surface area contributed by atoms with Gasteiger partial charge in [0.1, 0.15) is 0 Å². The highest BCUT2D eigenvalue weighted by molar-refractivity contribution is 9.10. The summed E-state index contributed by atoms with van der Waals surface area (Å²) in [6, 6.07) is 11.6. The Hall–Kier alpha value is -1.98. The first kappa shape index (κ1) is 14.0. The van der Waals surface area contributed by atoms with E-state index in [9.17, 15) is 4.79 Å². The Morgan fingerprint density at radius 3 is 3.00 bits per heavy atom. The molecule has 0 radical (unpaired) electrons. The molecule has 0 spiro atoms. The van der Waals surface area contributed by atoms with Gasteiger partial charge >= 0.3 is 0 Å². The molecule has 0 saturated heterocycles. The number of nitrogens with one attached hydrogen (secondary N) is 1. The molecule has 21 heavy (non-hydrogen) atoms. The number of aromatic nitrogens is 1. The van der Waals surface area contributed by atoms with Crippen LogP contribution in [0.5, 0.6) is 0 Å². The minimum absolute atomic E-state index is 0.166. The van der Waals surface area contributed by atoms with Gasteiger partial charge in [-0.15, -0.1) is 11.3 Å². The Bertz CT molecular complexity index is 812. The lowest BCUT2D eigenvalue weighted by molar-refractivity contribution is -0.111. The number of halogens is 1. The zero-order valence-corrected chi connectivity index (χ0v) is 13.3. The lowest BCUT2D eigenvalue weighted by Gasteiger charge is -2.06. The molecule has 0 aliphatic rings. The zero-order valence-electron chi connectivity index (χ0n) is 10.9. The van der Waals surface area contributed by atoms with Gasteiger partial charge in [-0.2, -0.15) is 0 Å². The average molecular weight is 359 g/mol. The fraction of sp³-hybridized carbons (Fsp3) is 0. The van der Waals surface area contributed by atoms with Gasteiger partial charge < -0.3 is 5.32 Å². The van der Waals surface area contributed by atoms with Gasteiger partial charge in [-0.25, -0.2) is 0 Å². The average Bonchev–Trinajstić information content (AvgIpc) is 2.98. The van der Waals surface area contributed by atoms with E-state index < -0.39 is 0 Å². The monoisotopic (exact) mass is 358 g/mol. The van der Waals surface area contributed by atoms with Gasteiger partial charge in [0.2, 0.25) is 5.91 Å². The van der Waals surface area contributed by atoms with Gasteiger partial charge in [0.05, 0.1) is 11.2 Å². The fourth-order valence-corrected chi connectivity index (χ4v) is 2.92. The molecular weight excluding hydrogens is 348 g/mol. The molecule has 1 aromatic carbocycles. The van der Waals surface area contributed by atoms with Crippen LogP contribution in [0.25, 0.3) is 17.0 Å². The predicted molar refractivity (Wildman–Crippen MR) is 91.4 cm³/mol. The van der Waals surface area contributed by atoms with E-state index in [0.29, 0.717) is 5.69 Å². The Kier molecular flexibility index (Phi) is 4.13. The smallest absolute Gasteiger partial charge is 0.248 e. The normalized spacial score (nSPS) is 11.1. The van der Waals surface area contributed by atoms with Crippen molar-refractivity contribution < 1.29 is 4.79 Å². The maximum Gasteiger partial charge on any atom is 0.248 e. The third-order valence-electron chi connectivity index (χ3n) is 2.88. The van der Waals surface area contributed by atoms with Crippen LogP contribution in [0, 0.1) is 0 Å². The number of benzene rings is 1. The second-order valence-corrected chi connectivity index (χ2v) is 6.26. The van der Waals surface area contributed by atoms with Gasteiger partial charge in [-0.1, -0.05) is 18.2 Å². The number of fused-ring (bicyclic) bond motifs is 1. The zero-order chi connectivity index (χ0) is 14.7. The van der Waals surface area contributed by atoms with Gasteiger partial charge in [-0.3, -0.25) is 9.78 Å². The van der Waals surface area contributed by atoms with Gasteiger partial charge in [0, 0.05) is 27.0 Å². The minimum Gasteiger partial charge on any atom is -0.321 e. The molecule has 0 aliphatic heterocycles. The van der Waals surface area contributed by atoms with Crippen molar-refractivity contribution in [3.05, 3.63) is 63.4 Å². The van der Waals surface area contributed by atoms with Crippen molar-refractivity contribution in [2.45, 2.75) is 0 Å². The first-order valence-electron chi connectivity index (χ1n) is 6.29. The molecule has 2 aromatic heterocycles. The van der Waals surface area contributed by atoms with E-state index in [0.717, 1.165) is 20.3 Å². The van der Waals surface area contributed by atoms with Crippen molar-refractivity contribution in [1.29, 1.82) is 0 Å². The van der Waals surface area contributed by atoms with Crippen LogP contribution in [0.4, 0.5) is 5.69 Å². The summed E-state index contributed by atoms with van der Waals surface area (Å²) in [4.78, 5) is 17.4. The molecule has 1 amide bonds. The van der Waals surface area contributed by atoms with Crippen LogP contribution in [-0.2, 0) is 4.79 Å². The number of para-hydroxylation sites is 1. The van der Waals surface area contributed by atoms with E-state index in [1.807, 2.05) is 41.8 Å². The largest absolute Gasteiger partial charge is 0.321 e. The molecule has 0 bridgehead atoms. The Morgan fingerprint density at radius 2 is 2.19 bits per heavy atom. The Balaban J connectivity index is 1.83. The number of hydrogen-bond donors (Lipinski definition) is 1. The van der Waals surface area contributed by atoms with E-state index in [1.54, 1.807) is 23.6 Å². The molecule has 5 heteroatoms. The molecule has 3 aromatic rings. The third-order valence-corrected chi connectivity index (χ3v) is 4.15. The standard InChI is InChI=1S/C16H11BrN2OS/c17-12-9-11-3-1-5-14(16(11)18-10-12)19-15(20)7-6-13-4-2-8-21-13/h1-10H,(H,19,20)/b7-6+. The molecule has 0 fully saturated rings. The van der Waals surface area contributed by atoms with Crippen molar-refractivity contribution in [1.82, 2.24) is 4.98 Å². The summed E-state index contributed by atoms with van der Waals surface area (Å²) in [5.74, 6) is -0.166. The molecular formula is C16H11BrN2OS. The van der Waals surface area contributed by atoms with E-state index in [4.69, 9.17) is 0 Å². The number of thiophene rings is 1. The van der Waals surface area contributed by atoms with Crippen molar-refractivity contribution in [2.24, 2.45) is 0 Å². The van der Waals surface area contributed by atoms with Gasteiger partial charge in [0.25, 0.3) is 0 Å². The molecule has 0 aliphatic carbocycles. The van der Waals surface area contributed by atoms with Crippen LogP contribution in [0.3, 0.4) is 0 Å².